The van der Waals surface area contributed by atoms with Gasteiger partial charge in [-0.05, 0) is 42.8 Å². The highest BCUT2D eigenvalue weighted by Crippen LogP contribution is 2.24. The summed E-state index contributed by atoms with van der Waals surface area (Å²) in [4.78, 5) is 11.2. The Morgan fingerprint density at radius 3 is 2.64 bits per heavy atom. The fraction of sp³-hybridized carbons (Fsp3) is 0.136. The number of nitrogens with one attached hydrogen (secondary N) is 1. The van der Waals surface area contributed by atoms with Gasteiger partial charge in [0.05, 0.1) is 10.6 Å². The minimum absolute atomic E-state index is 0.212. The molecule has 3 aromatic rings. The topological polar surface area (TPSA) is 58.6 Å². The number of carboxylic acids is 1. The summed E-state index contributed by atoms with van der Waals surface area (Å²) in [6.07, 6.45) is 0. The van der Waals surface area contributed by atoms with E-state index in [9.17, 15) is 9.18 Å². The van der Waals surface area contributed by atoms with Crippen LogP contribution in [0.2, 0.25) is 5.02 Å². The van der Waals surface area contributed by atoms with Gasteiger partial charge in [-0.3, -0.25) is 0 Å². The average Bonchev–Trinajstić information content (AvgIpc) is 2.67. The lowest BCUT2D eigenvalue weighted by molar-refractivity contribution is 0.0697. The Bertz CT molecular complexity index is 1010. The summed E-state index contributed by atoms with van der Waals surface area (Å²) >= 11 is 6.05. The van der Waals surface area contributed by atoms with E-state index in [2.05, 4.69) is 5.32 Å². The van der Waals surface area contributed by atoms with E-state index >= 15 is 0 Å². The van der Waals surface area contributed by atoms with Crippen molar-refractivity contribution in [2.45, 2.75) is 20.1 Å². The number of aryl methyl sites for hydroxylation is 1. The standard InChI is InChI=1S/C22H19ClFNO3/c1-14-6-7-15(22(26)27)10-20(14)25-12-16-4-2-3-5-21(16)28-13-17-8-9-18(24)11-19(17)23/h2-11,25H,12-13H2,1H3,(H,26,27). The third-order valence-electron chi connectivity index (χ3n) is 4.32. The number of ether oxygens (including phenoxy) is 1. The second-order valence-electron chi connectivity index (χ2n) is 6.32. The predicted molar refractivity (Wildman–Crippen MR) is 108 cm³/mol. The zero-order valence-electron chi connectivity index (χ0n) is 15.2. The molecule has 0 aromatic heterocycles. The van der Waals surface area contributed by atoms with E-state index in [4.69, 9.17) is 21.4 Å². The van der Waals surface area contributed by atoms with Crippen LogP contribution in [0.15, 0.2) is 60.7 Å². The molecular weight excluding hydrogens is 381 g/mol. The molecule has 0 radical (unpaired) electrons. The number of carbonyl (C=O) groups is 1. The van der Waals surface area contributed by atoms with Crippen molar-refractivity contribution in [1.82, 2.24) is 0 Å². The smallest absolute Gasteiger partial charge is 0.335 e. The molecule has 0 saturated carbocycles. The Morgan fingerprint density at radius 1 is 1.11 bits per heavy atom. The molecule has 3 aromatic carbocycles. The van der Waals surface area contributed by atoms with Crippen LogP contribution in [-0.2, 0) is 13.2 Å². The van der Waals surface area contributed by atoms with Crippen LogP contribution < -0.4 is 10.1 Å². The van der Waals surface area contributed by atoms with Crippen LogP contribution in [0.25, 0.3) is 0 Å². The number of hydrogen-bond acceptors (Lipinski definition) is 3. The van der Waals surface area contributed by atoms with E-state index in [-0.39, 0.29) is 12.2 Å². The van der Waals surface area contributed by atoms with Gasteiger partial charge < -0.3 is 15.2 Å². The normalized spacial score (nSPS) is 10.5. The Kier molecular flexibility index (Phi) is 6.16. The summed E-state index contributed by atoms with van der Waals surface area (Å²) in [6, 6.07) is 16.7. The Hall–Kier alpha value is -3.05. The molecule has 0 spiro atoms. The highest BCUT2D eigenvalue weighted by Gasteiger charge is 2.09. The minimum Gasteiger partial charge on any atom is -0.488 e. The largest absolute Gasteiger partial charge is 0.488 e. The molecule has 144 valence electrons. The number of benzene rings is 3. The predicted octanol–water partition coefficient (Wildman–Crippen LogP) is 5.68. The highest BCUT2D eigenvalue weighted by molar-refractivity contribution is 6.31. The van der Waals surface area contributed by atoms with Gasteiger partial charge in [0.25, 0.3) is 0 Å². The van der Waals surface area contributed by atoms with Gasteiger partial charge in [0.2, 0.25) is 0 Å². The van der Waals surface area contributed by atoms with Gasteiger partial charge in [0, 0.05) is 23.4 Å². The molecule has 0 atom stereocenters. The minimum atomic E-state index is -0.969. The zero-order chi connectivity index (χ0) is 20.1. The summed E-state index contributed by atoms with van der Waals surface area (Å²) in [5.41, 5.74) is 3.51. The van der Waals surface area contributed by atoms with Crippen LogP contribution in [0.4, 0.5) is 10.1 Å². The molecule has 0 fully saturated rings. The first-order valence-electron chi connectivity index (χ1n) is 8.66. The average molecular weight is 400 g/mol. The summed E-state index contributed by atoms with van der Waals surface area (Å²) < 4.78 is 19.1. The number of carboxylic acid groups (broad SMARTS) is 1. The molecule has 0 unspecified atom stereocenters. The van der Waals surface area contributed by atoms with Crippen LogP contribution >= 0.6 is 11.6 Å². The second kappa shape index (κ2) is 8.76. The van der Waals surface area contributed by atoms with Crippen molar-refractivity contribution in [2.75, 3.05) is 5.32 Å². The Morgan fingerprint density at radius 2 is 1.89 bits per heavy atom. The van der Waals surface area contributed by atoms with Crippen molar-refractivity contribution in [2.24, 2.45) is 0 Å². The highest BCUT2D eigenvalue weighted by atomic mass is 35.5. The first-order chi connectivity index (χ1) is 13.4. The summed E-state index contributed by atoms with van der Waals surface area (Å²) in [7, 11) is 0. The van der Waals surface area contributed by atoms with Crippen molar-refractivity contribution in [3.8, 4) is 5.75 Å². The number of rotatable bonds is 7. The molecule has 0 aliphatic rings. The van der Waals surface area contributed by atoms with E-state index in [1.54, 1.807) is 24.3 Å². The number of aromatic carboxylic acids is 1. The zero-order valence-corrected chi connectivity index (χ0v) is 16.0. The number of halogens is 2. The summed E-state index contributed by atoms with van der Waals surface area (Å²) in [5, 5.41) is 12.7. The lowest BCUT2D eigenvalue weighted by atomic mass is 10.1. The maximum Gasteiger partial charge on any atom is 0.335 e. The van der Waals surface area contributed by atoms with Crippen molar-refractivity contribution in [3.63, 3.8) is 0 Å². The molecule has 4 nitrogen and oxygen atoms in total. The fourth-order valence-corrected chi connectivity index (χ4v) is 2.94. The third-order valence-corrected chi connectivity index (χ3v) is 4.68. The van der Waals surface area contributed by atoms with Crippen molar-refractivity contribution >= 4 is 23.3 Å². The van der Waals surface area contributed by atoms with Crippen LogP contribution in [0.3, 0.4) is 0 Å². The van der Waals surface area contributed by atoms with Crippen LogP contribution in [0.1, 0.15) is 27.0 Å². The Labute approximate surface area is 167 Å². The first kappa shape index (κ1) is 19.7. The van der Waals surface area contributed by atoms with E-state index in [0.29, 0.717) is 22.9 Å². The molecule has 6 heteroatoms. The second-order valence-corrected chi connectivity index (χ2v) is 6.73. The molecular formula is C22H19ClFNO3. The molecule has 0 aliphatic carbocycles. The molecule has 0 heterocycles. The third kappa shape index (κ3) is 4.81. The first-order valence-corrected chi connectivity index (χ1v) is 9.04. The molecule has 28 heavy (non-hydrogen) atoms. The SMILES string of the molecule is Cc1ccc(C(=O)O)cc1NCc1ccccc1OCc1ccc(F)cc1Cl. The Balaban J connectivity index is 1.72. The fourth-order valence-electron chi connectivity index (χ4n) is 2.72. The van der Waals surface area contributed by atoms with Gasteiger partial charge in [0.1, 0.15) is 18.2 Å². The van der Waals surface area contributed by atoms with Crippen LogP contribution in [0, 0.1) is 12.7 Å². The summed E-state index contributed by atoms with van der Waals surface area (Å²) in [5.74, 6) is -0.692. The molecule has 0 bridgehead atoms. The van der Waals surface area contributed by atoms with Gasteiger partial charge in [-0.25, -0.2) is 9.18 Å². The molecule has 0 saturated heterocycles. The van der Waals surface area contributed by atoms with Gasteiger partial charge in [0.15, 0.2) is 0 Å². The maximum absolute atomic E-state index is 13.2. The van der Waals surface area contributed by atoms with Crippen molar-refractivity contribution in [3.05, 3.63) is 93.8 Å². The molecule has 2 N–H and O–H groups in total. The van der Waals surface area contributed by atoms with Gasteiger partial charge in [-0.1, -0.05) is 41.9 Å². The molecule has 3 rings (SSSR count). The van der Waals surface area contributed by atoms with Crippen molar-refractivity contribution in [1.29, 1.82) is 0 Å². The van der Waals surface area contributed by atoms with E-state index < -0.39 is 11.8 Å². The van der Waals surface area contributed by atoms with E-state index in [1.165, 1.54) is 12.1 Å². The van der Waals surface area contributed by atoms with Crippen molar-refractivity contribution < 1.29 is 19.0 Å². The van der Waals surface area contributed by atoms with E-state index in [1.807, 2.05) is 31.2 Å². The lowest BCUT2D eigenvalue weighted by Gasteiger charge is -2.15. The van der Waals surface area contributed by atoms with Crippen LogP contribution in [0.5, 0.6) is 5.75 Å². The molecule has 0 aliphatic heterocycles. The number of para-hydroxylation sites is 1. The number of hydrogen-bond donors (Lipinski definition) is 2. The molecule has 0 amide bonds. The van der Waals surface area contributed by atoms with Gasteiger partial charge in [-0.15, -0.1) is 0 Å². The van der Waals surface area contributed by atoms with Gasteiger partial charge >= 0.3 is 5.97 Å². The quantitative estimate of drug-likeness (QED) is 0.536. The maximum atomic E-state index is 13.2. The summed E-state index contributed by atoms with van der Waals surface area (Å²) in [6.45, 7) is 2.58. The number of anilines is 1. The van der Waals surface area contributed by atoms with Gasteiger partial charge in [-0.2, -0.15) is 0 Å². The van der Waals surface area contributed by atoms with E-state index in [0.717, 1.165) is 16.8 Å². The monoisotopic (exact) mass is 399 g/mol. The lowest BCUT2D eigenvalue weighted by Crippen LogP contribution is -2.06. The van der Waals surface area contributed by atoms with Crippen LogP contribution in [-0.4, -0.2) is 11.1 Å².